The van der Waals surface area contributed by atoms with E-state index in [1.165, 1.54) is 7.11 Å². The lowest BCUT2D eigenvalue weighted by molar-refractivity contribution is -0.148. The van der Waals surface area contributed by atoms with Gasteiger partial charge in [0.2, 0.25) is 0 Å². The fourth-order valence-corrected chi connectivity index (χ4v) is 1.33. The minimum atomic E-state index is -0.774. The average Bonchev–Trinajstić information content (AvgIpc) is 2.01. The van der Waals surface area contributed by atoms with Gasteiger partial charge in [-0.25, -0.2) is 0 Å². The fourth-order valence-electron chi connectivity index (χ4n) is 0.942. The summed E-state index contributed by atoms with van der Waals surface area (Å²) >= 11 is 3.39. The quantitative estimate of drug-likeness (QED) is 0.570. The van der Waals surface area contributed by atoms with Gasteiger partial charge < -0.3 is 9.47 Å². The maximum Gasteiger partial charge on any atom is 0.325 e. The van der Waals surface area contributed by atoms with Gasteiger partial charge in [-0.05, 0) is 5.41 Å². The molecule has 0 aromatic rings. The van der Waals surface area contributed by atoms with E-state index in [0.717, 1.165) is 0 Å². The Hall–Kier alpha value is -0.0900. The van der Waals surface area contributed by atoms with Crippen LogP contribution in [0.5, 0.6) is 0 Å². The van der Waals surface area contributed by atoms with Gasteiger partial charge in [-0.15, -0.1) is 0 Å². The SMILES string of the molecule is COC[C@](Br)(C(=O)OC)C(C)(C)C. The van der Waals surface area contributed by atoms with Crippen molar-refractivity contribution in [2.75, 3.05) is 20.8 Å². The van der Waals surface area contributed by atoms with Crippen molar-refractivity contribution in [3.8, 4) is 0 Å². The number of carbonyl (C=O) groups excluding carboxylic acids is 1. The minimum absolute atomic E-state index is 0.254. The van der Waals surface area contributed by atoms with Gasteiger partial charge in [0, 0.05) is 7.11 Å². The Balaban J connectivity index is 4.83. The Morgan fingerprint density at radius 3 is 2.00 bits per heavy atom. The van der Waals surface area contributed by atoms with E-state index >= 15 is 0 Å². The largest absolute Gasteiger partial charge is 0.468 e. The molecule has 0 N–H and O–H groups in total. The highest BCUT2D eigenvalue weighted by Gasteiger charge is 2.47. The van der Waals surface area contributed by atoms with Crippen LogP contribution in [0.4, 0.5) is 0 Å². The summed E-state index contributed by atoms with van der Waals surface area (Å²) in [5.41, 5.74) is -0.254. The number of halogens is 1. The van der Waals surface area contributed by atoms with Crippen LogP contribution in [0.25, 0.3) is 0 Å². The molecule has 4 heteroatoms. The standard InChI is InChI=1S/C9H17BrO3/c1-8(2,3)9(10,6-12-4)7(11)13-5/h6H2,1-5H3/t9-/m0/s1. The van der Waals surface area contributed by atoms with E-state index in [1.807, 2.05) is 20.8 Å². The Labute approximate surface area is 87.9 Å². The molecule has 0 fully saturated rings. The first-order valence-electron chi connectivity index (χ1n) is 4.06. The van der Waals surface area contributed by atoms with Gasteiger partial charge in [0.25, 0.3) is 0 Å². The van der Waals surface area contributed by atoms with Crippen LogP contribution >= 0.6 is 15.9 Å². The monoisotopic (exact) mass is 252 g/mol. The normalized spacial score (nSPS) is 16.5. The minimum Gasteiger partial charge on any atom is -0.468 e. The molecule has 0 aliphatic carbocycles. The van der Waals surface area contributed by atoms with Gasteiger partial charge in [0.1, 0.15) is 0 Å². The first-order valence-corrected chi connectivity index (χ1v) is 4.85. The Bertz CT molecular complexity index is 186. The summed E-state index contributed by atoms with van der Waals surface area (Å²) in [7, 11) is 2.93. The Morgan fingerprint density at radius 2 is 1.77 bits per heavy atom. The molecule has 0 aliphatic rings. The van der Waals surface area contributed by atoms with E-state index in [-0.39, 0.29) is 11.4 Å². The van der Waals surface area contributed by atoms with Crippen molar-refractivity contribution in [2.45, 2.75) is 25.1 Å². The smallest absolute Gasteiger partial charge is 0.325 e. The van der Waals surface area contributed by atoms with Crippen LogP contribution in [-0.4, -0.2) is 31.1 Å². The highest BCUT2D eigenvalue weighted by Crippen LogP contribution is 2.39. The molecule has 3 nitrogen and oxygen atoms in total. The number of hydrogen-bond donors (Lipinski definition) is 0. The molecule has 0 saturated carbocycles. The van der Waals surface area contributed by atoms with Crippen LogP contribution in [-0.2, 0) is 14.3 Å². The van der Waals surface area contributed by atoms with Crippen molar-refractivity contribution in [2.24, 2.45) is 5.41 Å². The molecule has 0 unspecified atom stereocenters. The lowest BCUT2D eigenvalue weighted by Gasteiger charge is -2.36. The van der Waals surface area contributed by atoms with Crippen molar-refractivity contribution in [1.82, 2.24) is 0 Å². The van der Waals surface area contributed by atoms with Crippen LogP contribution in [0.2, 0.25) is 0 Å². The van der Waals surface area contributed by atoms with Gasteiger partial charge in [0.05, 0.1) is 13.7 Å². The van der Waals surface area contributed by atoms with Gasteiger partial charge in [-0.2, -0.15) is 0 Å². The van der Waals surface area contributed by atoms with Crippen molar-refractivity contribution in [1.29, 1.82) is 0 Å². The van der Waals surface area contributed by atoms with Crippen LogP contribution in [0, 0.1) is 5.41 Å². The highest BCUT2D eigenvalue weighted by molar-refractivity contribution is 9.10. The molecule has 0 heterocycles. The van der Waals surface area contributed by atoms with Crippen LogP contribution in [0.1, 0.15) is 20.8 Å². The van der Waals surface area contributed by atoms with E-state index in [2.05, 4.69) is 15.9 Å². The van der Waals surface area contributed by atoms with E-state index < -0.39 is 4.32 Å². The molecule has 0 spiro atoms. The predicted octanol–water partition coefficient (Wildman–Crippen LogP) is 1.99. The highest BCUT2D eigenvalue weighted by atomic mass is 79.9. The number of rotatable bonds is 3. The summed E-state index contributed by atoms with van der Waals surface area (Å²) < 4.78 is 8.96. The first kappa shape index (κ1) is 12.9. The number of carbonyl (C=O) groups is 1. The summed E-state index contributed by atoms with van der Waals surface area (Å²) in [5.74, 6) is -0.304. The van der Waals surface area contributed by atoms with E-state index in [9.17, 15) is 4.79 Å². The Kier molecular flexibility index (Phi) is 4.39. The van der Waals surface area contributed by atoms with Gasteiger partial charge in [0.15, 0.2) is 4.32 Å². The number of alkyl halides is 1. The molecule has 78 valence electrons. The molecule has 0 aromatic carbocycles. The Morgan fingerprint density at radius 1 is 1.31 bits per heavy atom. The topological polar surface area (TPSA) is 35.5 Å². The summed E-state index contributed by atoms with van der Waals surface area (Å²) in [6.45, 7) is 6.16. The zero-order chi connectivity index (χ0) is 10.7. The van der Waals surface area contributed by atoms with Crippen molar-refractivity contribution >= 4 is 21.9 Å². The van der Waals surface area contributed by atoms with Crippen LogP contribution in [0.15, 0.2) is 0 Å². The van der Waals surface area contributed by atoms with Gasteiger partial charge >= 0.3 is 5.97 Å². The summed E-state index contributed by atoms with van der Waals surface area (Å²) in [6, 6.07) is 0. The molecule has 0 amide bonds. The molecule has 13 heavy (non-hydrogen) atoms. The first-order chi connectivity index (χ1) is 5.79. The van der Waals surface area contributed by atoms with Crippen LogP contribution < -0.4 is 0 Å². The molecular formula is C9H17BrO3. The maximum atomic E-state index is 11.5. The van der Waals surface area contributed by atoms with Crippen LogP contribution in [0.3, 0.4) is 0 Å². The van der Waals surface area contributed by atoms with E-state index in [4.69, 9.17) is 9.47 Å². The third kappa shape index (κ3) is 2.68. The molecule has 0 aliphatic heterocycles. The van der Waals surface area contributed by atoms with E-state index in [0.29, 0.717) is 6.61 Å². The van der Waals surface area contributed by atoms with Gasteiger partial charge in [-0.1, -0.05) is 36.7 Å². The summed E-state index contributed by atoms with van der Waals surface area (Å²) in [4.78, 5) is 11.5. The third-order valence-electron chi connectivity index (χ3n) is 2.04. The lowest BCUT2D eigenvalue weighted by Crippen LogP contribution is -2.48. The molecule has 0 radical (unpaired) electrons. The van der Waals surface area contributed by atoms with Crippen molar-refractivity contribution in [3.05, 3.63) is 0 Å². The maximum absolute atomic E-state index is 11.5. The van der Waals surface area contributed by atoms with Crippen molar-refractivity contribution in [3.63, 3.8) is 0 Å². The average molecular weight is 253 g/mol. The van der Waals surface area contributed by atoms with E-state index in [1.54, 1.807) is 7.11 Å². The molecule has 1 atom stereocenters. The molecule has 0 rings (SSSR count). The molecule has 0 saturated heterocycles. The fraction of sp³-hybridized carbons (Fsp3) is 0.889. The second kappa shape index (κ2) is 4.42. The second-order valence-corrected chi connectivity index (χ2v) is 5.33. The number of methoxy groups -OCH3 is 2. The lowest BCUT2D eigenvalue weighted by atomic mass is 9.81. The third-order valence-corrected chi connectivity index (χ3v) is 3.78. The number of hydrogen-bond acceptors (Lipinski definition) is 3. The van der Waals surface area contributed by atoms with Crippen molar-refractivity contribution < 1.29 is 14.3 Å². The second-order valence-electron chi connectivity index (χ2n) is 3.98. The zero-order valence-corrected chi connectivity index (χ0v) is 10.4. The summed E-state index contributed by atoms with van der Waals surface area (Å²) in [6.07, 6.45) is 0. The zero-order valence-electron chi connectivity index (χ0n) is 8.81. The molecule has 0 aromatic heterocycles. The predicted molar refractivity (Wildman–Crippen MR) is 55.0 cm³/mol. The van der Waals surface area contributed by atoms with Gasteiger partial charge in [-0.3, -0.25) is 4.79 Å². The number of esters is 1. The summed E-state index contributed by atoms with van der Waals surface area (Å²) in [5, 5.41) is 0. The number of ether oxygens (including phenoxy) is 2. The molecule has 0 bridgehead atoms. The molecular weight excluding hydrogens is 236 g/mol.